The molecule has 4 heteroatoms. The van der Waals surface area contributed by atoms with Gasteiger partial charge >= 0.3 is 0 Å². The molecule has 110 valence electrons. The van der Waals surface area contributed by atoms with E-state index in [2.05, 4.69) is 48.4 Å². The average molecular weight is 283 g/mol. The van der Waals surface area contributed by atoms with Gasteiger partial charge in [-0.05, 0) is 29.9 Å². The minimum Gasteiger partial charge on any atom is -0.362 e. The zero-order valence-electron chi connectivity index (χ0n) is 12.5. The lowest BCUT2D eigenvalue weighted by molar-refractivity contribution is 0.509. The largest absolute Gasteiger partial charge is 0.362 e. The molecule has 0 atom stereocenters. The Bertz CT molecular complexity index is 665. The highest BCUT2D eigenvalue weighted by Crippen LogP contribution is 2.23. The van der Waals surface area contributed by atoms with E-state index >= 15 is 0 Å². The molecule has 0 aliphatic heterocycles. The number of rotatable bonds is 4. The zero-order valence-corrected chi connectivity index (χ0v) is 12.5. The molecule has 1 heterocycles. The van der Waals surface area contributed by atoms with E-state index < -0.39 is 0 Å². The minimum absolute atomic E-state index is 0.0258. The molecule has 0 saturated carbocycles. The summed E-state index contributed by atoms with van der Waals surface area (Å²) in [6.07, 6.45) is 5.37. The van der Waals surface area contributed by atoms with Crippen molar-refractivity contribution in [3.8, 4) is 0 Å². The van der Waals surface area contributed by atoms with Gasteiger partial charge in [0, 0.05) is 25.0 Å². The van der Waals surface area contributed by atoms with Crippen LogP contribution >= 0.6 is 0 Å². The van der Waals surface area contributed by atoms with E-state index in [0.717, 1.165) is 19.4 Å². The number of benzene rings is 1. The molecule has 0 fully saturated rings. The van der Waals surface area contributed by atoms with Gasteiger partial charge in [-0.1, -0.05) is 38.1 Å². The molecule has 1 aromatic heterocycles. The monoisotopic (exact) mass is 283 g/mol. The zero-order chi connectivity index (χ0) is 14.8. The van der Waals surface area contributed by atoms with Crippen molar-refractivity contribution in [1.29, 1.82) is 0 Å². The molecule has 1 aromatic carbocycles. The topological polar surface area (TPSA) is 46.9 Å². The van der Waals surface area contributed by atoms with Gasteiger partial charge in [0.15, 0.2) is 5.82 Å². The van der Waals surface area contributed by atoms with Crippen molar-refractivity contribution < 1.29 is 0 Å². The molecule has 21 heavy (non-hydrogen) atoms. The number of nitrogens with one attached hydrogen (secondary N) is 1. The molecule has 0 spiro atoms. The van der Waals surface area contributed by atoms with Crippen LogP contribution in [0.5, 0.6) is 0 Å². The highest BCUT2D eigenvalue weighted by atomic mass is 16.1. The quantitative estimate of drug-likeness (QED) is 0.937. The van der Waals surface area contributed by atoms with E-state index in [4.69, 9.17) is 0 Å². The lowest BCUT2D eigenvalue weighted by Gasteiger charge is -2.14. The number of hydrogen-bond donors (Lipinski definition) is 1. The van der Waals surface area contributed by atoms with Crippen LogP contribution in [0.4, 0.5) is 5.82 Å². The van der Waals surface area contributed by atoms with E-state index in [0.29, 0.717) is 11.7 Å². The van der Waals surface area contributed by atoms with E-state index in [9.17, 15) is 4.79 Å². The maximum atomic E-state index is 12.4. The second-order valence-electron chi connectivity index (χ2n) is 6.15. The van der Waals surface area contributed by atoms with Gasteiger partial charge in [0.1, 0.15) is 0 Å². The first-order chi connectivity index (χ1) is 10.1. The minimum atomic E-state index is -0.0258. The maximum Gasteiger partial charge on any atom is 0.293 e. The van der Waals surface area contributed by atoms with E-state index in [-0.39, 0.29) is 11.6 Å². The molecular weight excluding hydrogens is 262 g/mol. The summed E-state index contributed by atoms with van der Waals surface area (Å²) < 4.78 is 1.74. The SMILES string of the molecule is CC(C)Cn1ccnc(NC2Cc3ccccc3C2)c1=O. The van der Waals surface area contributed by atoms with Crippen molar-refractivity contribution in [2.45, 2.75) is 39.3 Å². The first kappa shape index (κ1) is 13.9. The predicted octanol–water partition coefficient (Wildman–Crippen LogP) is 2.48. The van der Waals surface area contributed by atoms with Crippen molar-refractivity contribution in [2.24, 2.45) is 5.92 Å². The van der Waals surface area contributed by atoms with Crippen molar-refractivity contribution >= 4 is 5.82 Å². The summed E-state index contributed by atoms with van der Waals surface area (Å²) in [7, 11) is 0. The van der Waals surface area contributed by atoms with Gasteiger partial charge in [-0.2, -0.15) is 0 Å². The van der Waals surface area contributed by atoms with Gasteiger partial charge < -0.3 is 9.88 Å². The lowest BCUT2D eigenvalue weighted by Crippen LogP contribution is -2.30. The van der Waals surface area contributed by atoms with Gasteiger partial charge in [-0.3, -0.25) is 4.79 Å². The third-order valence-electron chi connectivity index (χ3n) is 3.87. The molecule has 0 saturated heterocycles. The summed E-state index contributed by atoms with van der Waals surface area (Å²) in [5.74, 6) is 0.907. The van der Waals surface area contributed by atoms with Crippen LogP contribution in [0.3, 0.4) is 0 Å². The third kappa shape index (κ3) is 2.99. The molecule has 0 amide bonds. The second kappa shape index (κ2) is 5.72. The Kier molecular flexibility index (Phi) is 3.78. The van der Waals surface area contributed by atoms with Crippen LogP contribution in [0.15, 0.2) is 41.5 Å². The number of fused-ring (bicyclic) bond motifs is 1. The van der Waals surface area contributed by atoms with Crippen LogP contribution in [0, 0.1) is 5.92 Å². The van der Waals surface area contributed by atoms with Crippen LogP contribution in [-0.2, 0) is 19.4 Å². The fourth-order valence-electron chi connectivity index (χ4n) is 2.94. The Balaban J connectivity index is 1.76. The Labute approximate surface area is 124 Å². The number of anilines is 1. The van der Waals surface area contributed by atoms with E-state index in [1.165, 1.54) is 11.1 Å². The van der Waals surface area contributed by atoms with Crippen LogP contribution in [0.1, 0.15) is 25.0 Å². The summed E-state index contributed by atoms with van der Waals surface area (Å²) in [5, 5.41) is 3.33. The Morgan fingerprint density at radius 3 is 2.57 bits per heavy atom. The Morgan fingerprint density at radius 2 is 1.95 bits per heavy atom. The summed E-state index contributed by atoms with van der Waals surface area (Å²) in [6.45, 7) is 4.93. The highest BCUT2D eigenvalue weighted by Gasteiger charge is 2.22. The molecule has 2 aromatic rings. The van der Waals surface area contributed by atoms with E-state index in [1.807, 2.05) is 0 Å². The molecule has 1 aliphatic carbocycles. The average Bonchev–Trinajstić information content (AvgIpc) is 2.85. The summed E-state index contributed by atoms with van der Waals surface area (Å²) in [5.41, 5.74) is 2.71. The molecule has 1 aliphatic rings. The predicted molar refractivity (Wildman–Crippen MR) is 84.6 cm³/mol. The third-order valence-corrected chi connectivity index (χ3v) is 3.87. The summed E-state index contributed by atoms with van der Waals surface area (Å²) >= 11 is 0. The van der Waals surface area contributed by atoms with Gasteiger partial charge in [0.2, 0.25) is 0 Å². The number of hydrogen-bond acceptors (Lipinski definition) is 3. The van der Waals surface area contributed by atoms with Gasteiger partial charge in [-0.15, -0.1) is 0 Å². The molecule has 0 bridgehead atoms. The normalized spacial score (nSPS) is 14.4. The van der Waals surface area contributed by atoms with Crippen LogP contribution < -0.4 is 10.9 Å². The van der Waals surface area contributed by atoms with Gasteiger partial charge in [0.05, 0.1) is 0 Å². The first-order valence-electron chi connectivity index (χ1n) is 7.52. The molecule has 1 N–H and O–H groups in total. The lowest BCUT2D eigenvalue weighted by atomic mass is 10.1. The second-order valence-corrected chi connectivity index (χ2v) is 6.15. The summed E-state index contributed by atoms with van der Waals surface area (Å²) in [4.78, 5) is 16.6. The van der Waals surface area contributed by atoms with Crippen LogP contribution in [0.25, 0.3) is 0 Å². The molecule has 0 radical (unpaired) electrons. The van der Waals surface area contributed by atoms with Crippen molar-refractivity contribution in [3.05, 3.63) is 58.1 Å². The number of nitrogens with zero attached hydrogens (tertiary/aromatic N) is 2. The Hall–Kier alpha value is -2.10. The molecule has 4 nitrogen and oxygen atoms in total. The van der Waals surface area contributed by atoms with Gasteiger partial charge in [-0.25, -0.2) is 4.98 Å². The van der Waals surface area contributed by atoms with Crippen molar-refractivity contribution in [2.75, 3.05) is 5.32 Å². The highest BCUT2D eigenvalue weighted by molar-refractivity contribution is 5.40. The standard InChI is InChI=1S/C17H21N3O/c1-12(2)11-20-8-7-18-16(17(20)21)19-15-9-13-5-3-4-6-14(13)10-15/h3-8,12,15H,9-11H2,1-2H3,(H,18,19). The fraction of sp³-hybridized carbons (Fsp3) is 0.412. The van der Waals surface area contributed by atoms with Crippen LogP contribution in [0.2, 0.25) is 0 Å². The maximum absolute atomic E-state index is 12.4. The smallest absolute Gasteiger partial charge is 0.293 e. The Morgan fingerprint density at radius 1 is 1.29 bits per heavy atom. The van der Waals surface area contributed by atoms with Crippen LogP contribution in [-0.4, -0.2) is 15.6 Å². The molecule has 3 rings (SSSR count). The van der Waals surface area contributed by atoms with Crippen molar-refractivity contribution in [3.63, 3.8) is 0 Å². The van der Waals surface area contributed by atoms with Gasteiger partial charge in [0.25, 0.3) is 5.56 Å². The van der Waals surface area contributed by atoms with Crippen molar-refractivity contribution in [1.82, 2.24) is 9.55 Å². The number of aromatic nitrogens is 2. The van der Waals surface area contributed by atoms with E-state index in [1.54, 1.807) is 17.0 Å². The first-order valence-corrected chi connectivity index (χ1v) is 7.52. The molecular formula is C17H21N3O. The fourth-order valence-corrected chi connectivity index (χ4v) is 2.94. The summed E-state index contributed by atoms with van der Waals surface area (Å²) in [6, 6.07) is 8.71. The molecule has 0 unspecified atom stereocenters.